The number of hydrogen-bond acceptors (Lipinski definition) is 2. The molecule has 0 unspecified atom stereocenters. The van der Waals surface area contributed by atoms with E-state index in [-0.39, 0.29) is 11.5 Å². The Kier molecular flexibility index (Phi) is 4.56. The first-order valence-corrected chi connectivity index (χ1v) is 6.82. The fourth-order valence-electron chi connectivity index (χ4n) is 2.08. The van der Waals surface area contributed by atoms with Crippen LogP contribution in [0.1, 0.15) is 10.4 Å². The molecule has 19 heavy (non-hydrogen) atoms. The molecule has 100 valence electrons. The maximum atomic E-state index is 13.9. The quantitative estimate of drug-likeness (QED) is 0.777. The summed E-state index contributed by atoms with van der Waals surface area (Å²) in [4.78, 5) is 16.0. The summed E-state index contributed by atoms with van der Waals surface area (Å²) in [6.45, 7) is 3.20. The molecule has 1 aliphatic rings. The van der Waals surface area contributed by atoms with Gasteiger partial charge in [0.2, 0.25) is 0 Å². The summed E-state index contributed by atoms with van der Waals surface area (Å²) in [7, 11) is 0. The van der Waals surface area contributed by atoms with Crippen molar-refractivity contribution < 1.29 is 9.18 Å². The Balaban J connectivity index is 2.06. The molecule has 1 aromatic carbocycles. The molecule has 0 aliphatic carbocycles. The summed E-state index contributed by atoms with van der Waals surface area (Å²) in [5, 5.41) is 0. The monoisotopic (exact) mass is 324 g/mol. The predicted octanol–water partition coefficient (Wildman–Crippen LogP) is 1.98. The molecule has 0 saturated carbocycles. The van der Waals surface area contributed by atoms with E-state index >= 15 is 0 Å². The molecule has 1 amide bonds. The Morgan fingerprint density at radius 3 is 2.68 bits per heavy atom. The molecule has 5 heteroatoms. The third kappa shape index (κ3) is 3.14. The Labute approximate surface area is 120 Å². The molecule has 1 heterocycles. The fraction of sp³-hybridized carbons (Fsp3) is 0.357. The van der Waals surface area contributed by atoms with Crippen LogP contribution in [0, 0.1) is 18.2 Å². The van der Waals surface area contributed by atoms with Gasteiger partial charge in [-0.1, -0.05) is 12.0 Å². The zero-order chi connectivity index (χ0) is 13.8. The van der Waals surface area contributed by atoms with E-state index in [4.69, 9.17) is 6.42 Å². The molecule has 3 nitrogen and oxygen atoms in total. The molecule has 1 aromatic rings. The molecule has 1 saturated heterocycles. The van der Waals surface area contributed by atoms with Gasteiger partial charge in [0.15, 0.2) is 0 Å². The number of rotatable bonds is 2. The normalized spacial score (nSPS) is 16.2. The summed E-state index contributed by atoms with van der Waals surface area (Å²) < 4.78 is 14.2. The van der Waals surface area contributed by atoms with E-state index in [1.165, 1.54) is 6.07 Å². The molecule has 0 bridgehead atoms. The summed E-state index contributed by atoms with van der Waals surface area (Å²) in [6.07, 6.45) is 5.25. The van der Waals surface area contributed by atoms with E-state index in [9.17, 15) is 9.18 Å². The zero-order valence-electron chi connectivity index (χ0n) is 10.4. The number of piperazine rings is 1. The lowest BCUT2D eigenvalue weighted by Gasteiger charge is -2.33. The minimum atomic E-state index is -0.501. The van der Waals surface area contributed by atoms with Gasteiger partial charge in [0, 0.05) is 26.2 Å². The average Bonchev–Trinajstić information content (AvgIpc) is 2.42. The number of carbonyl (C=O) groups excluding carboxylic acids is 1. The number of nitrogens with zero attached hydrogens (tertiary/aromatic N) is 2. The topological polar surface area (TPSA) is 23.6 Å². The minimum absolute atomic E-state index is 0.111. The second-order valence-corrected chi connectivity index (χ2v) is 5.23. The molecular formula is C14H14BrFN2O. The SMILES string of the molecule is C#CCN1CCN(C(=O)c2cccc(Br)c2F)CC1. The van der Waals surface area contributed by atoms with Crippen molar-refractivity contribution in [3.63, 3.8) is 0 Å². The van der Waals surface area contributed by atoms with Crippen LogP contribution < -0.4 is 0 Å². The predicted molar refractivity (Wildman–Crippen MR) is 75.3 cm³/mol. The smallest absolute Gasteiger partial charge is 0.256 e. The number of terminal acetylenes is 1. The van der Waals surface area contributed by atoms with Crippen LogP contribution >= 0.6 is 15.9 Å². The van der Waals surface area contributed by atoms with E-state index in [0.29, 0.717) is 24.1 Å². The van der Waals surface area contributed by atoms with Gasteiger partial charge < -0.3 is 4.90 Å². The summed E-state index contributed by atoms with van der Waals surface area (Å²) >= 11 is 3.09. The molecule has 0 aromatic heterocycles. The number of amides is 1. The largest absolute Gasteiger partial charge is 0.336 e. The standard InChI is InChI=1S/C14H14BrFN2O/c1-2-6-17-7-9-18(10-8-17)14(19)11-4-3-5-12(15)13(11)16/h1,3-5H,6-10H2. The van der Waals surface area contributed by atoms with Crippen LogP contribution in [-0.4, -0.2) is 48.4 Å². The van der Waals surface area contributed by atoms with Crippen molar-refractivity contribution in [2.45, 2.75) is 0 Å². The Hall–Kier alpha value is -1.38. The van der Waals surface area contributed by atoms with Crippen LogP contribution in [0.15, 0.2) is 22.7 Å². The molecule has 0 N–H and O–H groups in total. The first-order chi connectivity index (χ1) is 9.13. The van der Waals surface area contributed by atoms with Crippen molar-refractivity contribution in [1.29, 1.82) is 0 Å². The lowest BCUT2D eigenvalue weighted by Crippen LogP contribution is -2.48. The van der Waals surface area contributed by atoms with Gasteiger partial charge in [0.1, 0.15) is 5.82 Å². The van der Waals surface area contributed by atoms with Gasteiger partial charge in [0.25, 0.3) is 5.91 Å². The first-order valence-electron chi connectivity index (χ1n) is 6.02. The van der Waals surface area contributed by atoms with Gasteiger partial charge in [-0.05, 0) is 28.1 Å². The second kappa shape index (κ2) is 6.18. The van der Waals surface area contributed by atoms with Crippen LogP contribution in [0.2, 0.25) is 0 Å². The third-order valence-corrected chi connectivity index (χ3v) is 3.77. The van der Waals surface area contributed by atoms with Gasteiger partial charge >= 0.3 is 0 Å². The number of hydrogen-bond donors (Lipinski definition) is 0. The first kappa shape index (κ1) is 14.0. The third-order valence-electron chi connectivity index (χ3n) is 3.16. The zero-order valence-corrected chi connectivity index (χ0v) is 12.0. The summed E-state index contributed by atoms with van der Waals surface area (Å²) in [5.41, 5.74) is 0.111. The Morgan fingerprint density at radius 1 is 1.37 bits per heavy atom. The van der Waals surface area contributed by atoms with Gasteiger partial charge in [0.05, 0.1) is 16.6 Å². The highest BCUT2D eigenvalue weighted by Crippen LogP contribution is 2.20. The van der Waals surface area contributed by atoms with Crippen LogP contribution in [0.3, 0.4) is 0 Å². The maximum Gasteiger partial charge on any atom is 0.256 e. The van der Waals surface area contributed by atoms with Gasteiger partial charge in [-0.2, -0.15) is 0 Å². The van der Waals surface area contributed by atoms with Gasteiger partial charge in [-0.25, -0.2) is 4.39 Å². The van der Waals surface area contributed by atoms with Crippen molar-refractivity contribution in [1.82, 2.24) is 9.80 Å². The van der Waals surface area contributed by atoms with E-state index in [1.807, 2.05) is 0 Å². The van der Waals surface area contributed by atoms with Crippen LogP contribution in [-0.2, 0) is 0 Å². The van der Waals surface area contributed by atoms with Crippen molar-refractivity contribution in [2.24, 2.45) is 0 Å². The fourth-order valence-corrected chi connectivity index (χ4v) is 2.44. The lowest BCUT2D eigenvalue weighted by molar-refractivity contribution is 0.0647. The Bertz CT molecular complexity index is 519. The van der Waals surface area contributed by atoms with E-state index < -0.39 is 5.82 Å². The number of halogens is 2. The van der Waals surface area contributed by atoms with Gasteiger partial charge in [-0.15, -0.1) is 6.42 Å². The number of benzene rings is 1. The van der Waals surface area contributed by atoms with Gasteiger partial charge in [-0.3, -0.25) is 9.69 Å². The Morgan fingerprint density at radius 2 is 2.05 bits per heavy atom. The van der Waals surface area contributed by atoms with Crippen molar-refractivity contribution in [2.75, 3.05) is 32.7 Å². The van der Waals surface area contributed by atoms with Crippen LogP contribution in [0.25, 0.3) is 0 Å². The summed E-state index contributed by atoms with van der Waals surface area (Å²) in [5.74, 6) is 1.82. The highest BCUT2D eigenvalue weighted by atomic mass is 79.9. The van der Waals surface area contributed by atoms with E-state index in [0.717, 1.165) is 13.1 Å². The van der Waals surface area contributed by atoms with Crippen molar-refractivity contribution >= 4 is 21.8 Å². The summed E-state index contributed by atoms with van der Waals surface area (Å²) in [6, 6.07) is 4.75. The molecule has 0 radical (unpaired) electrons. The second-order valence-electron chi connectivity index (χ2n) is 4.37. The van der Waals surface area contributed by atoms with Crippen LogP contribution in [0.4, 0.5) is 4.39 Å². The van der Waals surface area contributed by atoms with E-state index in [1.54, 1.807) is 17.0 Å². The minimum Gasteiger partial charge on any atom is -0.336 e. The molecule has 0 spiro atoms. The van der Waals surface area contributed by atoms with Crippen molar-refractivity contribution in [3.8, 4) is 12.3 Å². The van der Waals surface area contributed by atoms with Crippen LogP contribution in [0.5, 0.6) is 0 Å². The number of carbonyl (C=O) groups is 1. The molecule has 0 atom stereocenters. The average molecular weight is 325 g/mol. The molecule has 1 fully saturated rings. The molecule has 1 aliphatic heterocycles. The lowest BCUT2D eigenvalue weighted by atomic mass is 10.1. The van der Waals surface area contributed by atoms with Crippen molar-refractivity contribution in [3.05, 3.63) is 34.1 Å². The molecular weight excluding hydrogens is 311 g/mol. The highest BCUT2D eigenvalue weighted by Gasteiger charge is 2.24. The maximum absolute atomic E-state index is 13.9. The molecule has 2 rings (SSSR count). The highest BCUT2D eigenvalue weighted by molar-refractivity contribution is 9.10. The van der Waals surface area contributed by atoms with E-state index in [2.05, 4.69) is 26.8 Å².